The third-order valence-corrected chi connectivity index (χ3v) is 0.696. The molecule has 0 saturated carbocycles. The van der Waals surface area contributed by atoms with Crippen LogP contribution in [0.1, 0.15) is 2.85 Å². The molecule has 0 radical (unpaired) electrons. The quantitative estimate of drug-likeness (QED) is 0.424. The normalized spacial score (nSPS) is 19.7. The first-order chi connectivity index (χ1) is 2.89. The zero-order valence-corrected chi connectivity index (χ0v) is 3.32. The van der Waals surface area contributed by atoms with E-state index in [2.05, 4.69) is 10.6 Å². The van der Waals surface area contributed by atoms with E-state index in [0.717, 1.165) is 13.1 Å². The molecule has 6 heavy (non-hydrogen) atoms. The molecular weight excluding hydrogens is 80.0 g/mol. The first kappa shape index (κ1) is 3.46. The Bertz CT molecular complexity index is 69.7. The van der Waals surface area contributed by atoms with Gasteiger partial charge in [0.1, 0.15) is 0 Å². The summed E-state index contributed by atoms with van der Waals surface area (Å²) in [5.41, 5.74) is 0. The standard InChI is InChI=1S/C3H6N2O.2H2/c6-3-4-1-2-5-3;;/h1-2H2,(H2,4,5,6);2*1H. The number of carbonyl (C=O) groups excluding carboxylic acids is 1. The number of amides is 2. The molecule has 2 amide bonds. The lowest BCUT2D eigenvalue weighted by Gasteiger charge is -1.80. The summed E-state index contributed by atoms with van der Waals surface area (Å²) in [4.78, 5) is 10.0. The molecule has 3 heteroatoms. The molecule has 3 nitrogen and oxygen atoms in total. The van der Waals surface area contributed by atoms with Crippen molar-refractivity contribution in [3.8, 4) is 0 Å². The first-order valence-electron chi connectivity index (χ1n) is 1.91. The van der Waals surface area contributed by atoms with E-state index in [1.165, 1.54) is 0 Å². The van der Waals surface area contributed by atoms with Crippen molar-refractivity contribution in [1.82, 2.24) is 10.6 Å². The van der Waals surface area contributed by atoms with Crippen molar-refractivity contribution in [2.75, 3.05) is 13.1 Å². The second-order valence-electron chi connectivity index (χ2n) is 1.18. The van der Waals surface area contributed by atoms with Gasteiger partial charge in [0.05, 0.1) is 0 Å². The van der Waals surface area contributed by atoms with Crippen LogP contribution >= 0.6 is 0 Å². The van der Waals surface area contributed by atoms with E-state index in [9.17, 15) is 4.79 Å². The Hall–Kier alpha value is -0.730. The Morgan fingerprint density at radius 2 is 2.00 bits per heavy atom. The van der Waals surface area contributed by atoms with Crippen molar-refractivity contribution in [1.29, 1.82) is 0 Å². The van der Waals surface area contributed by atoms with Gasteiger partial charge in [0.25, 0.3) is 0 Å². The van der Waals surface area contributed by atoms with Crippen LogP contribution in [0.25, 0.3) is 0 Å². The smallest absolute Gasteiger partial charge is 0.314 e. The summed E-state index contributed by atoms with van der Waals surface area (Å²) in [6, 6.07) is -0.0463. The molecule has 0 spiro atoms. The largest absolute Gasteiger partial charge is 0.336 e. The average molecular weight is 90.1 g/mol. The molecule has 1 fully saturated rings. The second-order valence-corrected chi connectivity index (χ2v) is 1.18. The molecule has 0 aliphatic carbocycles. The lowest BCUT2D eigenvalue weighted by Crippen LogP contribution is -2.20. The van der Waals surface area contributed by atoms with Crippen LogP contribution in [0.15, 0.2) is 0 Å². The summed E-state index contributed by atoms with van der Waals surface area (Å²) in [7, 11) is 0. The Morgan fingerprint density at radius 1 is 1.50 bits per heavy atom. The van der Waals surface area contributed by atoms with Gasteiger partial charge in [-0.2, -0.15) is 0 Å². The highest BCUT2D eigenvalue weighted by Gasteiger charge is 2.02. The third-order valence-electron chi connectivity index (χ3n) is 0.696. The maximum absolute atomic E-state index is 10.0. The van der Waals surface area contributed by atoms with Gasteiger partial charge >= 0.3 is 6.03 Å². The molecule has 1 saturated heterocycles. The predicted molar refractivity (Wildman–Crippen MR) is 25.6 cm³/mol. The van der Waals surface area contributed by atoms with E-state index < -0.39 is 0 Å². The SMILES string of the molecule is O=C1NCCN1.[HH].[HH]. The minimum absolute atomic E-state index is 0. The van der Waals surface area contributed by atoms with Crippen LogP contribution < -0.4 is 10.6 Å². The van der Waals surface area contributed by atoms with E-state index in [-0.39, 0.29) is 8.88 Å². The van der Waals surface area contributed by atoms with E-state index >= 15 is 0 Å². The maximum atomic E-state index is 10.0. The van der Waals surface area contributed by atoms with Crippen molar-refractivity contribution in [3.05, 3.63) is 0 Å². The van der Waals surface area contributed by atoms with Crippen LogP contribution in [0.4, 0.5) is 4.79 Å². The van der Waals surface area contributed by atoms with Crippen molar-refractivity contribution in [3.63, 3.8) is 0 Å². The zero-order chi connectivity index (χ0) is 4.41. The number of carbonyl (C=O) groups is 1. The number of urea groups is 1. The van der Waals surface area contributed by atoms with Gasteiger partial charge in [-0.05, 0) is 0 Å². The monoisotopic (exact) mass is 90.1 g/mol. The van der Waals surface area contributed by atoms with E-state index in [0.29, 0.717) is 0 Å². The second kappa shape index (κ2) is 1.16. The minimum Gasteiger partial charge on any atom is -0.336 e. The summed E-state index contributed by atoms with van der Waals surface area (Å²) in [5.74, 6) is 0. The summed E-state index contributed by atoms with van der Waals surface area (Å²) >= 11 is 0. The summed E-state index contributed by atoms with van der Waals surface area (Å²) < 4.78 is 0. The van der Waals surface area contributed by atoms with Crippen LogP contribution in [0.5, 0.6) is 0 Å². The minimum atomic E-state index is -0.0463. The Morgan fingerprint density at radius 3 is 2.17 bits per heavy atom. The molecule has 1 rings (SSSR count). The molecule has 1 aliphatic heterocycles. The predicted octanol–water partition coefficient (Wildman–Crippen LogP) is -0.209. The fourth-order valence-electron chi connectivity index (χ4n) is 0.415. The molecule has 0 unspecified atom stereocenters. The molecule has 1 aliphatic rings. The van der Waals surface area contributed by atoms with E-state index in [1.54, 1.807) is 0 Å². The van der Waals surface area contributed by atoms with Gasteiger partial charge in [-0.1, -0.05) is 0 Å². The fraction of sp³-hybridized carbons (Fsp3) is 0.667. The fourth-order valence-corrected chi connectivity index (χ4v) is 0.415. The van der Waals surface area contributed by atoms with Crippen molar-refractivity contribution in [2.24, 2.45) is 0 Å². The molecule has 0 aromatic heterocycles. The molecule has 0 aromatic carbocycles. The lowest BCUT2D eigenvalue weighted by molar-refractivity contribution is 0.248. The molecule has 38 valence electrons. The zero-order valence-electron chi connectivity index (χ0n) is 3.32. The van der Waals surface area contributed by atoms with Gasteiger partial charge in [0.15, 0.2) is 0 Å². The third kappa shape index (κ3) is 0.429. The van der Waals surface area contributed by atoms with Crippen molar-refractivity contribution in [2.45, 2.75) is 0 Å². The van der Waals surface area contributed by atoms with Gasteiger partial charge in [-0.25, -0.2) is 4.79 Å². The first-order valence-corrected chi connectivity index (χ1v) is 1.91. The van der Waals surface area contributed by atoms with Gasteiger partial charge in [-0.15, -0.1) is 0 Å². The molecule has 0 atom stereocenters. The topological polar surface area (TPSA) is 41.1 Å². The van der Waals surface area contributed by atoms with Crippen LogP contribution in [0.2, 0.25) is 0 Å². The number of hydrogen-bond acceptors (Lipinski definition) is 1. The number of nitrogens with one attached hydrogen (secondary N) is 2. The van der Waals surface area contributed by atoms with Gasteiger partial charge in [0, 0.05) is 15.9 Å². The van der Waals surface area contributed by atoms with Crippen LogP contribution in [-0.4, -0.2) is 19.1 Å². The summed E-state index contributed by atoms with van der Waals surface area (Å²) in [6.45, 7) is 1.55. The van der Waals surface area contributed by atoms with Crippen LogP contribution in [-0.2, 0) is 0 Å². The summed E-state index contributed by atoms with van der Waals surface area (Å²) in [5, 5.41) is 5.14. The molecule has 0 aromatic rings. The average Bonchev–Trinajstić information content (AvgIpc) is 1.86. The molecule has 0 bridgehead atoms. The highest BCUT2D eigenvalue weighted by atomic mass is 16.2. The molecule has 2 N–H and O–H groups in total. The number of rotatable bonds is 0. The molecule has 1 heterocycles. The van der Waals surface area contributed by atoms with Crippen molar-refractivity contribution >= 4 is 6.03 Å². The number of hydrogen-bond donors (Lipinski definition) is 2. The van der Waals surface area contributed by atoms with Crippen molar-refractivity contribution < 1.29 is 7.65 Å². The molecular formula is C3H10N2O. The highest BCUT2D eigenvalue weighted by Crippen LogP contribution is 1.69. The van der Waals surface area contributed by atoms with Gasteiger partial charge in [0.2, 0.25) is 0 Å². The lowest BCUT2D eigenvalue weighted by atomic mass is 10.7. The van der Waals surface area contributed by atoms with Crippen LogP contribution in [0.3, 0.4) is 0 Å². The van der Waals surface area contributed by atoms with Crippen LogP contribution in [0, 0.1) is 0 Å². The maximum Gasteiger partial charge on any atom is 0.314 e. The van der Waals surface area contributed by atoms with E-state index in [4.69, 9.17) is 0 Å². The highest BCUT2D eigenvalue weighted by molar-refractivity contribution is 5.75. The van der Waals surface area contributed by atoms with E-state index in [1.807, 2.05) is 0 Å². The Kier molecular flexibility index (Phi) is 0.670. The Balaban J connectivity index is 0. The summed E-state index contributed by atoms with van der Waals surface area (Å²) in [6.07, 6.45) is 0. The van der Waals surface area contributed by atoms with Gasteiger partial charge in [-0.3, -0.25) is 0 Å². The Labute approximate surface area is 38.7 Å². The van der Waals surface area contributed by atoms with Gasteiger partial charge < -0.3 is 10.6 Å².